The zero-order chi connectivity index (χ0) is 11.7. The van der Waals surface area contributed by atoms with E-state index in [-0.39, 0.29) is 0 Å². The predicted molar refractivity (Wildman–Crippen MR) is 69.5 cm³/mol. The second kappa shape index (κ2) is 4.06. The van der Waals surface area contributed by atoms with E-state index in [0.717, 1.165) is 30.4 Å². The van der Waals surface area contributed by atoms with Gasteiger partial charge in [-0.3, -0.25) is 4.79 Å². The van der Waals surface area contributed by atoms with Crippen LogP contribution in [-0.4, -0.2) is 12.8 Å². The lowest BCUT2D eigenvalue weighted by Crippen LogP contribution is -1.90. The second-order valence-corrected chi connectivity index (χ2v) is 4.29. The average molecular weight is 223 g/mol. The lowest BCUT2D eigenvalue weighted by atomic mass is 10.0. The molecule has 17 heavy (non-hydrogen) atoms. The highest BCUT2D eigenvalue weighted by Crippen LogP contribution is 2.28. The van der Waals surface area contributed by atoms with Gasteiger partial charge in [0.2, 0.25) is 0 Å². The number of fused-ring (bicyclic) bond motifs is 1. The fraction of sp³-hybridized carbons (Fsp3) is 0.133. The molecule has 1 heterocycles. The Bertz CT molecular complexity index is 558. The highest BCUT2D eigenvalue weighted by Gasteiger charge is 2.10. The largest absolute Gasteiger partial charge is 0.384 e. The summed E-state index contributed by atoms with van der Waals surface area (Å²) in [5, 5.41) is 3.35. The van der Waals surface area contributed by atoms with Crippen molar-refractivity contribution in [2.24, 2.45) is 0 Å². The van der Waals surface area contributed by atoms with E-state index in [9.17, 15) is 4.79 Å². The van der Waals surface area contributed by atoms with E-state index in [1.54, 1.807) is 0 Å². The number of hydrogen-bond donors (Lipinski definition) is 1. The van der Waals surface area contributed by atoms with E-state index in [1.165, 1.54) is 16.8 Å². The first-order valence-electron chi connectivity index (χ1n) is 5.79. The molecule has 0 fully saturated rings. The lowest BCUT2D eigenvalue weighted by Gasteiger charge is -2.05. The third-order valence-corrected chi connectivity index (χ3v) is 3.20. The summed E-state index contributed by atoms with van der Waals surface area (Å²) in [4.78, 5) is 10.6. The van der Waals surface area contributed by atoms with E-state index < -0.39 is 0 Å². The van der Waals surface area contributed by atoms with Crippen molar-refractivity contribution < 1.29 is 4.79 Å². The summed E-state index contributed by atoms with van der Waals surface area (Å²) in [5.74, 6) is 0. The summed E-state index contributed by atoms with van der Waals surface area (Å²) in [6.07, 6.45) is 1.96. The van der Waals surface area contributed by atoms with Gasteiger partial charge in [0.05, 0.1) is 0 Å². The molecule has 3 rings (SSSR count). The fourth-order valence-electron chi connectivity index (χ4n) is 2.24. The van der Waals surface area contributed by atoms with Crippen molar-refractivity contribution in [1.82, 2.24) is 0 Å². The number of benzene rings is 2. The standard InChI is InChI=1S/C15H13NO/c17-10-11-1-3-12(4-2-11)13-5-6-15-14(9-13)7-8-16-15/h1-6,9-10,16H,7-8H2. The molecule has 0 amide bonds. The summed E-state index contributed by atoms with van der Waals surface area (Å²) in [7, 11) is 0. The minimum Gasteiger partial charge on any atom is -0.384 e. The molecule has 0 atom stereocenters. The molecule has 0 unspecified atom stereocenters. The number of carbonyl (C=O) groups excluding carboxylic acids is 1. The van der Waals surface area contributed by atoms with Crippen molar-refractivity contribution in [3.8, 4) is 11.1 Å². The van der Waals surface area contributed by atoms with Gasteiger partial charge in [0.1, 0.15) is 6.29 Å². The summed E-state index contributed by atoms with van der Waals surface area (Å²) in [6, 6.07) is 14.2. The number of aldehydes is 1. The Labute approximate surface area is 100 Å². The molecule has 2 nitrogen and oxygen atoms in total. The maximum absolute atomic E-state index is 10.6. The smallest absolute Gasteiger partial charge is 0.150 e. The van der Waals surface area contributed by atoms with Crippen LogP contribution in [-0.2, 0) is 6.42 Å². The molecule has 0 saturated heterocycles. The second-order valence-electron chi connectivity index (χ2n) is 4.29. The normalized spacial score (nSPS) is 12.9. The van der Waals surface area contributed by atoms with Gasteiger partial charge in [0.15, 0.2) is 0 Å². The van der Waals surface area contributed by atoms with E-state index in [1.807, 2.05) is 24.3 Å². The number of hydrogen-bond acceptors (Lipinski definition) is 2. The van der Waals surface area contributed by atoms with Crippen molar-refractivity contribution in [2.45, 2.75) is 6.42 Å². The molecule has 0 spiro atoms. The molecule has 0 aliphatic carbocycles. The van der Waals surface area contributed by atoms with Crippen molar-refractivity contribution in [1.29, 1.82) is 0 Å². The van der Waals surface area contributed by atoms with Gasteiger partial charge >= 0.3 is 0 Å². The maximum Gasteiger partial charge on any atom is 0.150 e. The van der Waals surface area contributed by atoms with E-state index in [2.05, 4.69) is 23.5 Å². The highest BCUT2D eigenvalue weighted by atomic mass is 16.1. The Kier molecular flexibility index (Phi) is 2.41. The van der Waals surface area contributed by atoms with Crippen LogP contribution >= 0.6 is 0 Å². The predicted octanol–water partition coefficient (Wildman–Crippen LogP) is 3.13. The van der Waals surface area contributed by atoms with Gasteiger partial charge < -0.3 is 5.32 Å². The minimum absolute atomic E-state index is 0.719. The summed E-state index contributed by atoms with van der Waals surface area (Å²) < 4.78 is 0. The molecule has 2 heteroatoms. The van der Waals surface area contributed by atoms with Gasteiger partial charge in [-0.15, -0.1) is 0 Å². The van der Waals surface area contributed by atoms with E-state index in [0.29, 0.717) is 0 Å². The minimum atomic E-state index is 0.719. The van der Waals surface area contributed by atoms with Crippen molar-refractivity contribution >= 4 is 12.0 Å². The Morgan fingerprint density at radius 1 is 1.00 bits per heavy atom. The monoisotopic (exact) mass is 223 g/mol. The average Bonchev–Trinajstić information content (AvgIpc) is 2.86. The molecular weight excluding hydrogens is 210 g/mol. The van der Waals surface area contributed by atoms with Crippen LogP contribution in [0.5, 0.6) is 0 Å². The molecule has 2 aromatic rings. The molecule has 0 aromatic heterocycles. The zero-order valence-electron chi connectivity index (χ0n) is 9.44. The van der Waals surface area contributed by atoms with Crippen LogP contribution in [0.2, 0.25) is 0 Å². The first kappa shape index (κ1) is 10.1. The maximum atomic E-state index is 10.6. The molecule has 0 radical (unpaired) electrons. The van der Waals surface area contributed by atoms with E-state index in [4.69, 9.17) is 0 Å². The topological polar surface area (TPSA) is 29.1 Å². The van der Waals surface area contributed by atoms with Crippen LogP contribution in [0.15, 0.2) is 42.5 Å². The lowest BCUT2D eigenvalue weighted by molar-refractivity contribution is 0.112. The summed E-state index contributed by atoms with van der Waals surface area (Å²) in [5.41, 5.74) is 5.71. The highest BCUT2D eigenvalue weighted by molar-refractivity contribution is 5.77. The van der Waals surface area contributed by atoms with Crippen LogP contribution in [0.1, 0.15) is 15.9 Å². The van der Waals surface area contributed by atoms with Crippen molar-refractivity contribution in [3.05, 3.63) is 53.6 Å². The van der Waals surface area contributed by atoms with E-state index >= 15 is 0 Å². The Morgan fingerprint density at radius 2 is 1.76 bits per heavy atom. The van der Waals surface area contributed by atoms with Crippen LogP contribution in [0.4, 0.5) is 5.69 Å². The van der Waals surface area contributed by atoms with Crippen LogP contribution in [0, 0.1) is 0 Å². The van der Waals surface area contributed by atoms with Crippen molar-refractivity contribution in [3.63, 3.8) is 0 Å². The third-order valence-electron chi connectivity index (χ3n) is 3.20. The summed E-state index contributed by atoms with van der Waals surface area (Å²) >= 11 is 0. The Morgan fingerprint density at radius 3 is 2.53 bits per heavy atom. The molecule has 1 aliphatic rings. The van der Waals surface area contributed by atoms with Gasteiger partial charge in [-0.1, -0.05) is 30.3 Å². The van der Waals surface area contributed by atoms with Gasteiger partial charge in [0, 0.05) is 17.8 Å². The zero-order valence-corrected chi connectivity index (χ0v) is 9.44. The first-order chi connectivity index (χ1) is 8.36. The quantitative estimate of drug-likeness (QED) is 0.792. The molecule has 0 saturated carbocycles. The number of carbonyl (C=O) groups is 1. The molecule has 2 aromatic carbocycles. The van der Waals surface area contributed by atoms with Crippen LogP contribution in [0.25, 0.3) is 11.1 Å². The third kappa shape index (κ3) is 1.82. The molecule has 1 N–H and O–H groups in total. The SMILES string of the molecule is O=Cc1ccc(-c2ccc3c(c2)CCN3)cc1. The van der Waals surface area contributed by atoms with Crippen LogP contribution in [0.3, 0.4) is 0 Å². The molecule has 84 valence electrons. The summed E-state index contributed by atoms with van der Waals surface area (Å²) in [6.45, 7) is 1.03. The molecular formula is C15H13NO. The van der Waals surface area contributed by atoms with Gasteiger partial charge in [-0.05, 0) is 35.2 Å². The number of nitrogens with one attached hydrogen (secondary N) is 1. The van der Waals surface area contributed by atoms with Gasteiger partial charge in [0.25, 0.3) is 0 Å². The van der Waals surface area contributed by atoms with Gasteiger partial charge in [-0.25, -0.2) is 0 Å². The fourth-order valence-corrected chi connectivity index (χ4v) is 2.24. The van der Waals surface area contributed by atoms with Gasteiger partial charge in [-0.2, -0.15) is 0 Å². The Balaban J connectivity index is 2.00. The number of rotatable bonds is 2. The van der Waals surface area contributed by atoms with Crippen LogP contribution < -0.4 is 5.32 Å². The number of anilines is 1. The Hall–Kier alpha value is -2.09. The molecule has 0 bridgehead atoms. The first-order valence-corrected chi connectivity index (χ1v) is 5.79. The van der Waals surface area contributed by atoms with Crippen molar-refractivity contribution in [2.75, 3.05) is 11.9 Å². The molecule has 1 aliphatic heterocycles.